The molecular formula is C13H18BrNO5S. The largest absolute Gasteiger partial charge is 0.475 e. The molecule has 2 atom stereocenters. The van der Waals surface area contributed by atoms with Gasteiger partial charge in [-0.2, -0.15) is 0 Å². The van der Waals surface area contributed by atoms with Gasteiger partial charge in [0, 0.05) is 12.6 Å². The Balaban J connectivity index is 2.09. The molecule has 1 aliphatic rings. The predicted molar refractivity (Wildman–Crippen MR) is 79.7 cm³/mol. The van der Waals surface area contributed by atoms with E-state index in [-0.39, 0.29) is 9.56 Å². The summed E-state index contributed by atoms with van der Waals surface area (Å²) < 4.78 is 31.8. The van der Waals surface area contributed by atoms with Crippen molar-refractivity contribution in [2.45, 2.75) is 37.5 Å². The van der Waals surface area contributed by atoms with Crippen molar-refractivity contribution in [2.24, 2.45) is 11.8 Å². The standard InChI is InChI=1S/C13H18BrNO5S/c1-8-4-2-3-5-9(8)7-15-21(18,19)11-6-10(13(16)17)20-12(11)14/h6,8-9,15H,2-5,7H2,1H3,(H,16,17). The quantitative estimate of drug-likeness (QED) is 0.819. The SMILES string of the molecule is CC1CCCCC1CNS(=O)(=O)c1cc(C(=O)O)oc1Br. The van der Waals surface area contributed by atoms with Crippen molar-refractivity contribution in [2.75, 3.05) is 6.54 Å². The second-order valence-corrected chi connectivity index (χ2v) is 7.88. The van der Waals surface area contributed by atoms with E-state index in [1.165, 1.54) is 6.42 Å². The number of nitrogens with one attached hydrogen (secondary N) is 1. The highest BCUT2D eigenvalue weighted by Crippen LogP contribution is 2.30. The Morgan fingerprint density at radius 2 is 2.14 bits per heavy atom. The van der Waals surface area contributed by atoms with E-state index >= 15 is 0 Å². The van der Waals surface area contributed by atoms with Crippen LogP contribution in [-0.2, 0) is 10.0 Å². The van der Waals surface area contributed by atoms with Gasteiger partial charge in [-0.3, -0.25) is 0 Å². The smallest absolute Gasteiger partial charge is 0.371 e. The summed E-state index contributed by atoms with van der Waals surface area (Å²) in [6, 6.07) is 1.01. The van der Waals surface area contributed by atoms with E-state index in [2.05, 4.69) is 27.6 Å². The molecule has 118 valence electrons. The second kappa shape index (κ2) is 6.50. The molecule has 0 amide bonds. The molecule has 1 aromatic rings. The number of furan rings is 1. The van der Waals surface area contributed by atoms with E-state index in [1.807, 2.05) is 0 Å². The Kier molecular flexibility index (Phi) is 5.11. The van der Waals surface area contributed by atoms with Crippen molar-refractivity contribution >= 4 is 31.9 Å². The minimum absolute atomic E-state index is 0.0934. The molecule has 1 saturated carbocycles. The Labute approximate surface area is 132 Å². The molecule has 0 aliphatic heterocycles. The minimum atomic E-state index is -3.78. The van der Waals surface area contributed by atoms with Crippen molar-refractivity contribution in [1.29, 1.82) is 0 Å². The summed E-state index contributed by atoms with van der Waals surface area (Å²) in [5, 5.41) is 8.83. The van der Waals surface area contributed by atoms with Gasteiger partial charge in [0.15, 0.2) is 4.67 Å². The van der Waals surface area contributed by atoms with Gasteiger partial charge < -0.3 is 9.52 Å². The van der Waals surface area contributed by atoms with E-state index in [0.29, 0.717) is 18.4 Å². The van der Waals surface area contributed by atoms with E-state index in [1.54, 1.807) is 0 Å². The van der Waals surface area contributed by atoms with Gasteiger partial charge >= 0.3 is 5.97 Å². The molecule has 0 aromatic carbocycles. The number of rotatable bonds is 5. The third-order valence-electron chi connectivity index (χ3n) is 3.98. The average Bonchev–Trinajstić information content (AvgIpc) is 2.81. The van der Waals surface area contributed by atoms with Crippen LogP contribution in [0, 0.1) is 11.8 Å². The third-order valence-corrected chi connectivity index (χ3v) is 6.26. The zero-order valence-electron chi connectivity index (χ0n) is 11.6. The zero-order chi connectivity index (χ0) is 15.6. The Bertz CT molecular complexity index is 625. The van der Waals surface area contributed by atoms with Gasteiger partial charge in [-0.15, -0.1) is 0 Å². The molecule has 0 spiro atoms. The molecular weight excluding hydrogens is 362 g/mol. The van der Waals surface area contributed by atoms with Crippen molar-refractivity contribution < 1.29 is 22.7 Å². The van der Waals surface area contributed by atoms with Crippen LogP contribution in [0.4, 0.5) is 0 Å². The summed E-state index contributed by atoms with van der Waals surface area (Å²) >= 11 is 2.95. The van der Waals surface area contributed by atoms with Crippen LogP contribution in [0.2, 0.25) is 0 Å². The van der Waals surface area contributed by atoms with Crippen LogP contribution in [0.1, 0.15) is 43.2 Å². The maximum Gasteiger partial charge on any atom is 0.371 e. The van der Waals surface area contributed by atoms with Crippen LogP contribution in [-0.4, -0.2) is 26.0 Å². The van der Waals surface area contributed by atoms with Crippen LogP contribution in [0.15, 0.2) is 20.0 Å². The topological polar surface area (TPSA) is 96.6 Å². The van der Waals surface area contributed by atoms with Crippen molar-refractivity contribution in [3.05, 3.63) is 16.5 Å². The Morgan fingerprint density at radius 3 is 2.71 bits per heavy atom. The molecule has 21 heavy (non-hydrogen) atoms. The van der Waals surface area contributed by atoms with Crippen molar-refractivity contribution in [3.8, 4) is 0 Å². The summed E-state index contributed by atoms with van der Waals surface area (Å²) in [5.41, 5.74) is 0. The lowest BCUT2D eigenvalue weighted by molar-refractivity contribution is 0.0661. The first-order valence-corrected chi connectivity index (χ1v) is 9.11. The van der Waals surface area contributed by atoms with Crippen molar-refractivity contribution in [3.63, 3.8) is 0 Å². The van der Waals surface area contributed by atoms with Gasteiger partial charge in [0.1, 0.15) is 4.90 Å². The Hall–Kier alpha value is -0.860. The highest BCUT2D eigenvalue weighted by atomic mass is 79.9. The molecule has 0 radical (unpaired) electrons. The highest BCUT2D eigenvalue weighted by molar-refractivity contribution is 9.10. The van der Waals surface area contributed by atoms with Gasteiger partial charge in [-0.05, 0) is 34.2 Å². The molecule has 2 N–H and O–H groups in total. The molecule has 0 saturated heterocycles. The maximum atomic E-state index is 12.2. The number of hydrogen-bond acceptors (Lipinski definition) is 4. The van der Waals surface area contributed by atoms with Crippen LogP contribution < -0.4 is 4.72 Å². The maximum absolute atomic E-state index is 12.2. The number of carboxylic acid groups (broad SMARTS) is 1. The lowest BCUT2D eigenvalue weighted by Crippen LogP contribution is -2.33. The normalized spacial score (nSPS) is 23.1. The number of carboxylic acids is 1. The first-order chi connectivity index (χ1) is 9.81. The van der Waals surface area contributed by atoms with Crippen LogP contribution in [0.3, 0.4) is 0 Å². The van der Waals surface area contributed by atoms with Crippen LogP contribution in [0.5, 0.6) is 0 Å². The van der Waals surface area contributed by atoms with Crippen LogP contribution in [0.25, 0.3) is 0 Å². The number of carbonyl (C=O) groups is 1. The van der Waals surface area contributed by atoms with E-state index in [9.17, 15) is 13.2 Å². The lowest BCUT2D eigenvalue weighted by atomic mass is 9.81. The average molecular weight is 380 g/mol. The minimum Gasteiger partial charge on any atom is -0.475 e. The summed E-state index contributed by atoms with van der Waals surface area (Å²) in [5.74, 6) is -0.909. The highest BCUT2D eigenvalue weighted by Gasteiger charge is 2.27. The summed E-state index contributed by atoms with van der Waals surface area (Å²) in [6.45, 7) is 2.50. The molecule has 0 bridgehead atoms. The molecule has 2 unspecified atom stereocenters. The molecule has 8 heteroatoms. The fraction of sp³-hybridized carbons (Fsp3) is 0.615. The fourth-order valence-electron chi connectivity index (χ4n) is 2.63. The third kappa shape index (κ3) is 3.87. The van der Waals surface area contributed by atoms with Crippen LogP contribution >= 0.6 is 15.9 Å². The summed E-state index contributed by atoms with van der Waals surface area (Å²) in [4.78, 5) is 10.6. The molecule has 1 fully saturated rings. The summed E-state index contributed by atoms with van der Waals surface area (Å²) in [6.07, 6.45) is 4.44. The zero-order valence-corrected chi connectivity index (χ0v) is 14.0. The summed E-state index contributed by atoms with van der Waals surface area (Å²) in [7, 11) is -3.78. The molecule has 1 aliphatic carbocycles. The molecule has 1 heterocycles. The first-order valence-electron chi connectivity index (χ1n) is 6.83. The van der Waals surface area contributed by atoms with Gasteiger partial charge in [0.2, 0.25) is 15.8 Å². The monoisotopic (exact) mass is 379 g/mol. The molecule has 6 nitrogen and oxygen atoms in total. The van der Waals surface area contributed by atoms with E-state index < -0.39 is 21.8 Å². The van der Waals surface area contributed by atoms with E-state index in [0.717, 1.165) is 25.3 Å². The molecule has 2 rings (SSSR count). The Morgan fingerprint density at radius 1 is 1.48 bits per heavy atom. The van der Waals surface area contributed by atoms with Gasteiger partial charge in [-0.25, -0.2) is 17.9 Å². The number of sulfonamides is 1. The predicted octanol–water partition coefficient (Wildman–Crippen LogP) is 2.84. The van der Waals surface area contributed by atoms with E-state index in [4.69, 9.17) is 9.52 Å². The number of hydrogen-bond donors (Lipinski definition) is 2. The second-order valence-electron chi connectivity index (χ2n) is 5.43. The van der Waals surface area contributed by atoms with Gasteiger partial charge in [0.05, 0.1) is 0 Å². The van der Waals surface area contributed by atoms with Gasteiger partial charge in [-0.1, -0.05) is 26.2 Å². The van der Waals surface area contributed by atoms with Gasteiger partial charge in [0.25, 0.3) is 0 Å². The van der Waals surface area contributed by atoms with Crippen molar-refractivity contribution in [1.82, 2.24) is 4.72 Å². The number of aromatic carboxylic acids is 1. The first kappa shape index (κ1) is 16.5. The molecule has 1 aromatic heterocycles. The number of halogens is 1. The fourth-order valence-corrected chi connectivity index (χ4v) is 4.66. The lowest BCUT2D eigenvalue weighted by Gasteiger charge is -2.28.